The molecule has 0 aromatic carbocycles. The van der Waals surface area contributed by atoms with E-state index in [4.69, 9.17) is 4.74 Å². The largest absolute Gasteiger partial charge is 0.480 e. The molecule has 1 N–H and O–H groups in total. The van der Waals surface area contributed by atoms with Crippen LogP contribution in [0.5, 0.6) is 0 Å². The van der Waals surface area contributed by atoms with Crippen LogP contribution < -0.4 is 0 Å². The van der Waals surface area contributed by atoms with Crippen LogP contribution in [0, 0.1) is 19.3 Å². The molecule has 0 aliphatic carbocycles. The Labute approximate surface area is 123 Å². The second-order valence-electron chi connectivity index (χ2n) is 4.78. The molecule has 112 valence electrons. The first kappa shape index (κ1) is 16.6. The van der Waals surface area contributed by atoms with Crippen molar-refractivity contribution in [2.24, 2.45) is 5.41 Å². The van der Waals surface area contributed by atoms with E-state index in [-0.39, 0.29) is 19.4 Å². The Morgan fingerprint density at radius 3 is 2.40 bits per heavy atom. The number of hydrogen-bond acceptors (Lipinski definition) is 5. The highest BCUT2D eigenvalue weighted by molar-refractivity contribution is 7.11. The van der Waals surface area contributed by atoms with Crippen molar-refractivity contribution < 1.29 is 19.4 Å². The Morgan fingerprint density at radius 2 is 2.00 bits per heavy atom. The smallest absolute Gasteiger partial charge is 0.323 e. The van der Waals surface area contributed by atoms with Crippen molar-refractivity contribution >= 4 is 23.3 Å². The monoisotopic (exact) mass is 299 g/mol. The lowest BCUT2D eigenvalue weighted by molar-refractivity contribution is -0.169. The summed E-state index contributed by atoms with van der Waals surface area (Å²) in [5.41, 5.74) is -0.647. The van der Waals surface area contributed by atoms with Crippen LogP contribution in [0.4, 0.5) is 0 Å². The number of nitrogens with zero attached hydrogens (tertiary/aromatic N) is 1. The first-order valence-electron chi connectivity index (χ1n) is 6.70. The normalized spacial score (nSPS) is 13.8. The second-order valence-corrected chi connectivity index (χ2v) is 6.07. The van der Waals surface area contributed by atoms with Gasteiger partial charge in [-0.25, -0.2) is 4.98 Å². The van der Waals surface area contributed by atoms with E-state index in [0.29, 0.717) is 11.4 Å². The fourth-order valence-corrected chi connectivity index (χ4v) is 3.15. The molecule has 0 bridgehead atoms. The molecular weight excluding hydrogens is 278 g/mol. The van der Waals surface area contributed by atoms with Gasteiger partial charge in [-0.3, -0.25) is 9.59 Å². The number of carboxylic acids is 1. The summed E-state index contributed by atoms with van der Waals surface area (Å²) in [5.74, 6) is -1.80. The highest BCUT2D eigenvalue weighted by Gasteiger charge is 2.47. The minimum absolute atomic E-state index is 0.0916. The zero-order chi connectivity index (χ0) is 15.3. The van der Waals surface area contributed by atoms with Gasteiger partial charge in [0.1, 0.15) is 0 Å². The van der Waals surface area contributed by atoms with Crippen molar-refractivity contribution in [3.8, 4) is 0 Å². The van der Waals surface area contributed by atoms with Gasteiger partial charge in [-0.2, -0.15) is 0 Å². The summed E-state index contributed by atoms with van der Waals surface area (Å²) < 4.78 is 4.99. The predicted octanol–water partition coefficient (Wildman–Crippen LogP) is 2.74. The Kier molecular flexibility index (Phi) is 5.68. The number of aliphatic carboxylic acids is 1. The standard InChI is InChI=1S/C14H21NO4S/c1-5-7-14(12(16)17,13(18)19-6-2)8-11-15-9(3)10(4)20-11/h5-8H2,1-4H3,(H,16,17). The predicted molar refractivity (Wildman–Crippen MR) is 76.9 cm³/mol. The lowest BCUT2D eigenvalue weighted by atomic mass is 9.80. The van der Waals surface area contributed by atoms with Crippen LogP contribution in [-0.4, -0.2) is 28.6 Å². The van der Waals surface area contributed by atoms with Crippen molar-refractivity contribution in [1.82, 2.24) is 4.98 Å². The van der Waals surface area contributed by atoms with Gasteiger partial charge >= 0.3 is 11.9 Å². The minimum atomic E-state index is -1.53. The van der Waals surface area contributed by atoms with E-state index in [1.54, 1.807) is 6.92 Å². The van der Waals surface area contributed by atoms with Gasteiger partial charge in [0.05, 0.1) is 17.3 Å². The zero-order valence-electron chi connectivity index (χ0n) is 12.4. The topological polar surface area (TPSA) is 76.5 Å². The van der Waals surface area contributed by atoms with Crippen LogP contribution >= 0.6 is 11.3 Å². The Bertz CT molecular complexity index is 478. The number of esters is 1. The Hall–Kier alpha value is -1.43. The lowest BCUT2D eigenvalue weighted by Gasteiger charge is -2.25. The number of carboxylic acid groups (broad SMARTS) is 1. The highest BCUT2D eigenvalue weighted by Crippen LogP contribution is 2.33. The van der Waals surface area contributed by atoms with E-state index in [1.807, 2.05) is 20.8 Å². The highest BCUT2D eigenvalue weighted by atomic mass is 32.1. The van der Waals surface area contributed by atoms with Crippen LogP contribution in [0.1, 0.15) is 42.3 Å². The van der Waals surface area contributed by atoms with E-state index >= 15 is 0 Å². The van der Waals surface area contributed by atoms with Gasteiger partial charge in [0.25, 0.3) is 0 Å². The SMILES string of the molecule is CCCC(Cc1nc(C)c(C)s1)(C(=O)O)C(=O)OCC. The Balaban J connectivity index is 3.14. The summed E-state index contributed by atoms with van der Waals surface area (Å²) in [4.78, 5) is 29.3. The fraction of sp³-hybridized carbons (Fsp3) is 0.643. The summed E-state index contributed by atoms with van der Waals surface area (Å²) in [6, 6.07) is 0. The molecule has 0 fully saturated rings. The number of carbonyl (C=O) groups excluding carboxylic acids is 1. The third-order valence-electron chi connectivity index (χ3n) is 3.28. The number of aryl methyl sites for hydroxylation is 2. The van der Waals surface area contributed by atoms with Gasteiger partial charge in [-0.1, -0.05) is 13.3 Å². The van der Waals surface area contributed by atoms with E-state index in [9.17, 15) is 14.7 Å². The van der Waals surface area contributed by atoms with Crippen LogP contribution in [0.2, 0.25) is 0 Å². The van der Waals surface area contributed by atoms with E-state index in [1.165, 1.54) is 11.3 Å². The van der Waals surface area contributed by atoms with Crippen molar-refractivity contribution in [1.29, 1.82) is 0 Å². The van der Waals surface area contributed by atoms with E-state index in [0.717, 1.165) is 10.6 Å². The lowest BCUT2D eigenvalue weighted by Crippen LogP contribution is -2.42. The third kappa shape index (κ3) is 3.36. The maximum atomic E-state index is 12.2. The molecule has 1 atom stereocenters. The van der Waals surface area contributed by atoms with Crippen LogP contribution in [0.3, 0.4) is 0 Å². The van der Waals surface area contributed by atoms with Gasteiger partial charge in [0, 0.05) is 11.3 Å². The summed E-state index contributed by atoms with van der Waals surface area (Å²) in [6.45, 7) is 7.52. The Morgan fingerprint density at radius 1 is 1.35 bits per heavy atom. The molecule has 0 aliphatic rings. The van der Waals surface area contributed by atoms with Crippen molar-refractivity contribution in [3.63, 3.8) is 0 Å². The number of thiazole rings is 1. The molecule has 1 heterocycles. The number of hydrogen-bond donors (Lipinski definition) is 1. The van der Waals surface area contributed by atoms with Gasteiger partial charge in [-0.15, -0.1) is 11.3 Å². The molecule has 6 heteroatoms. The minimum Gasteiger partial charge on any atom is -0.480 e. The molecule has 0 spiro atoms. The second kappa shape index (κ2) is 6.83. The maximum absolute atomic E-state index is 12.2. The third-order valence-corrected chi connectivity index (χ3v) is 4.35. The summed E-state index contributed by atoms with van der Waals surface area (Å²) in [5, 5.41) is 10.2. The molecular formula is C14H21NO4S. The summed E-state index contributed by atoms with van der Waals surface area (Å²) in [6.07, 6.45) is 0.932. The van der Waals surface area contributed by atoms with Gasteiger partial charge in [0.2, 0.25) is 0 Å². The molecule has 1 aromatic heterocycles. The van der Waals surface area contributed by atoms with E-state index in [2.05, 4.69) is 4.98 Å². The quantitative estimate of drug-likeness (QED) is 0.619. The summed E-state index contributed by atoms with van der Waals surface area (Å²) >= 11 is 1.44. The fourth-order valence-electron chi connectivity index (χ4n) is 2.10. The molecule has 0 amide bonds. The van der Waals surface area contributed by atoms with Crippen molar-refractivity contribution in [3.05, 3.63) is 15.6 Å². The van der Waals surface area contributed by atoms with Gasteiger partial charge < -0.3 is 9.84 Å². The average molecular weight is 299 g/mol. The molecule has 1 aromatic rings. The van der Waals surface area contributed by atoms with Crippen molar-refractivity contribution in [2.45, 2.75) is 47.0 Å². The zero-order valence-corrected chi connectivity index (χ0v) is 13.2. The number of carbonyl (C=O) groups is 2. The molecule has 20 heavy (non-hydrogen) atoms. The molecule has 0 saturated carbocycles. The summed E-state index contributed by atoms with van der Waals surface area (Å²) in [7, 11) is 0. The molecule has 1 rings (SSSR count). The van der Waals surface area contributed by atoms with Gasteiger partial charge in [0.15, 0.2) is 5.41 Å². The average Bonchev–Trinajstić information content (AvgIpc) is 2.67. The van der Waals surface area contributed by atoms with Crippen molar-refractivity contribution in [2.75, 3.05) is 6.61 Å². The number of rotatable bonds is 7. The van der Waals surface area contributed by atoms with E-state index < -0.39 is 17.4 Å². The van der Waals surface area contributed by atoms with Gasteiger partial charge in [-0.05, 0) is 27.2 Å². The molecule has 0 saturated heterocycles. The van der Waals surface area contributed by atoms with Crippen LogP contribution in [0.15, 0.2) is 0 Å². The van der Waals surface area contributed by atoms with Crippen LogP contribution in [0.25, 0.3) is 0 Å². The first-order valence-corrected chi connectivity index (χ1v) is 7.52. The number of aromatic nitrogens is 1. The molecule has 5 nitrogen and oxygen atoms in total. The van der Waals surface area contributed by atoms with Crippen LogP contribution in [-0.2, 0) is 20.7 Å². The number of ether oxygens (including phenoxy) is 1. The first-order chi connectivity index (χ1) is 9.37. The molecule has 0 aliphatic heterocycles. The molecule has 0 radical (unpaired) electrons. The maximum Gasteiger partial charge on any atom is 0.323 e. The molecule has 1 unspecified atom stereocenters.